The Morgan fingerprint density at radius 1 is 1.09 bits per heavy atom. The molecule has 1 atom stereocenters. The van der Waals surface area contributed by atoms with Crippen LogP contribution in [-0.4, -0.2) is 31.0 Å². The summed E-state index contributed by atoms with van der Waals surface area (Å²) in [6.07, 6.45) is 9.69. The zero-order valence-electron chi connectivity index (χ0n) is 12.9. The zero-order chi connectivity index (χ0) is 15.5. The molecule has 5 nitrogen and oxygen atoms in total. The summed E-state index contributed by atoms with van der Waals surface area (Å²) in [6.45, 7) is 1.97. The summed E-state index contributed by atoms with van der Waals surface area (Å²) >= 11 is 0. The molecule has 5 heteroatoms. The second-order valence-corrected chi connectivity index (χ2v) is 5.84. The highest BCUT2D eigenvalue weighted by molar-refractivity contribution is 5.26. The molecule has 0 aliphatic carbocycles. The number of hydrogen-bond acceptors (Lipinski definition) is 4. The van der Waals surface area contributed by atoms with Crippen molar-refractivity contribution in [2.45, 2.75) is 25.4 Å². The molecule has 23 heavy (non-hydrogen) atoms. The van der Waals surface area contributed by atoms with Gasteiger partial charge in [0.2, 0.25) is 0 Å². The minimum atomic E-state index is 0.362. The molecule has 1 fully saturated rings. The number of rotatable bonds is 4. The van der Waals surface area contributed by atoms with Gasteiger partial charge in [-0.3, -0.25) is 14.5 Å². The molecule has 4 heterocycles. The lowest BCUT2D eigenvalue weighted by atomic mass is 10.1. The first-order chi connectivity index (χ1) is 11.4. The maximum absolute atomic E-state index is 4.85. The van der Waals surface area contributed by atoms with Crippen molar-refractivity contribution in [3.8, 4) is 5.82 Å². The van der Waals surface area contributed by atoms with Crippen LogP contribution in [-0.2, 0) is 6.54 Å². The number of likely N-dealkylation sites (tertiary alicyclic amines) is 1. The van der Waals surface area contributed by atoms with E-state index in [0.29, 0.717) is 6.04 Å². The maximum atomic E-state index is 4.85. The van der Waals surface area contributed by atoms with Gasteiger partial charge in [0, 0.05) is 25.1 Å². The van der Waals surface area contributed by atoms with E-state index in [4.69, 9.17) is 4.98 Å². The first kappa shape index (κ1) is 14.1. The van der Waals surface area contributed by atoms with Crippen LogP contribution < -0.4 is 0 Å². The molecule has 0 bridgehead atoms. The highest BCUT2D eigenvalue weighted by Gasteiger charge is 2.27. The number of pyridine rings is 2. The third kappa shape index (κ3) is 3.00. The Morgan fingerprint density at radius 2 is 2.09 bits per heavy atom. The second kappa shape index (κ2) is 6.30. The van der Waals surface area contributed by atoms with Crippen LogP contribution in [0.4, 0.5) is 0 Å². The average molecular weight is 305 g/mol. The fourth-order valence-electron chi connectivity index (χ4n) is 3.21. The van der Waals surface area contributed by atoms with Gasteiger partial charge in [-0.25, -0.2) is 9.97 Å². The highest BCUT2D eigenvalue weighted by Crippen LogP contribution is 2.32. The van der Waals surface area contributed by atoms with Crippen molar-refractivity contribution >= 4 is 0 Å². The summed E-state index contributed by atoms with van der Waals surface area (Å²) in [7, 11) is 0. The fraction of sp³-hybridized carbons (Fsp3) is 0.278. The van der Waals surface area contributed by atoms with E-state index in [2.05, 4.69) is 33.1 Å². The lowest BCUT2D eigenvalue weighted by molar-refractivity contribution is 0.241. The summed E-state index contributed by atoms with van der Waals surface area (Å²) in [5.74, 6) is 0.921. The topological polar surface area (TPSA) is 46.8 Å². The van der Waals surface area contributed by atoms with Crippen LogP contribution in [0.2, 0.25) is 0 Å². The minimum Gasteiger partial charge on any atom is -0.291 e. The van der Waals surface area contributed by atoms with Crippen molar-refractivity contribution < 1.29 is 0 Å². The van der Waals surface area contributed by atoms with Gasteiger partial charge in [0.05, 0.1) is 17.4 Å². The number of nitrogens with zero attached hydrogens (tertiary/aromatic N) is 5. The van der Waals surface area contributed by atoms with E-state index >= 15 is 0 Å². The maximum Gasteiger partial charge on any atom is 0.138 e. The Morgan fingerprint density at radius 3 is 2.91 bits per heavy atom. The Labute approximate surface area is 135 Å². The van der Waals surface area contributed by atoms with Gasteiger partial charge < -0.3 is 0 Å². The molecular formula is C18H19N5. The molecule has 0 saturated carbocycles. The molecule has 0 amide bonds. The summed E-state index contributed by atoms with van der Waals surface area (Å²) in [5.41, 5.74) is 2.25. The summed E-state index contributed by atoms with van der Waals surface area (Å²) in [5, 5.41) is 0. The van der Waals surface area contributed by atoms with Crippen LogP contribution in [0, 0.1) is 0 Å². The minimum absolute atomic E-state index is 0.362. The fourth-order valence-corrected chi connectivity index (χ4v) is 3.21. The van der Waals surface area contributed by atoms with Gasteiger partial charge in [0.15, 0.2) is 0 Å². The van der Waals surface area contributed by atoms with Gasteiger partial charge in [-0.05, 0) is 43.7 Å². The predicted octanol–water partition coefficient (Wildman–Crippen LogP) is 3.00. The van der Waals surface area contributed by atoms with Gasteiger partial charge in [-0.2, -0.15) is 0 Å². The zero-order valence-corrected chi connectivity index (χ0v) is 12.9. The van der Waals surface area contributed by atoms with E-state index in [1.54, 1.807) is 12.5 Å². The molecule has 0 spiro atoms. The van der Waals surface area contributed by atoms with E-state index in [1.165, 1.54) is 6.42 Å². The molecule has 3 aromatic heterocycles. The second-order valence-electron chi connectivity index (χ2n) is 5.84. The van der Waals surface area contributed by atoms with Gasteiger partial charge >= 0.3 is 0 Å². The van der Waals surface area contributed by atoms with Crippen LogP contribution in [0.15, 0.2) is 61.3 Å². The molecule has 4 rings (SSSR count). The van der Waals surface area contributed by atoms with Gasteiger partial charge in [0.25, 0.3) is 0 Å². The molecule has 0 radical (unpaired) electrons. The number of hydrogen-bond donors (Lipinski definition) is 0. The predicted molar refractivity (Wildman–Crippen MR) is 88.0 cm³/mol. The van der Waals surface area contributed by atoms with E-state index < -0.39 is 0 Å². The molecule has 0 N–H and O–H groups in total. The molecular weight excluding hydrogens is 286 g/mol. The van der Waals surface area contributed by atoms with Gasteiger partial charge in [-0.1, -0.05) is 12.1 Å². The van der Waals surface area contributed by atoms with Crippen molar-refractivity contribution in [3.63, 3.8) is 0 Å². The highest BCUT2D eigenvalue weighted by atomic mass is 15.2. The first-order valence-corrected chi connectivity index (χ1v) is 7.99. The van der Waals surface area contributed by atoms with Crippen molar-refractivity contribution in [1.82, 2.24) is 24.4 Å². The molecule has 1 aliphatic rings. The lowest BCUT2D eigenvalue weighted by Crippen LogP contribution is -2.24. The first-order valence-electron chi connectivity index (χ1n) is 7.99. The third-order valence-corrected chi connectivity index (χ3v) is 4.32. The summed E-state index contributed by atoms with van der Waals surface area (Å²) in [6, 6.07) is 12.7. The van der Waals surface area contributed by atoms with Crippen molar-refractivity contribution in [2.24, 2.45) is 0 Å². The van der Waals surface area contributed by atoms with Crippen LogP contribution in [0.25, 0.3) is 5.82 Å². The third-order valence-electron chi connectivity index (χ3n) is 4.32. The Kier molecular flexibility index (Phi) is 3.86. The van der Waals surface area contributed by atoms with Gasteiger partial charge in [0.1, 0.15) is 12.1 Å². The Balaban J connectivity index is 1.58. The number of aromatic nitrogens is 4. The Hall–Kier alpha value is -2.53. The van der Waals surface area contributed by atoms with E-state index in [0.717, 1.165) is 36.7 Å². The molecule has 1 saturated heterocycles. The summed E-state index contributed by atoms with van der Waals surface area (Å²) < 4.78 is 1.95. The normalized spacial score (nSPS) is 18.3. The molecule has 116 valence electrons. The van der Waals surface area contributed by atoms with E-state index in [1.807, 2.05) is 35.2 Å². The summed E-state index contributed by atoms with van der Waals surface area (Å²) in [4.78, 5) is 15.9. The van der Waals surface area contributed by atoms with Crippen LogP contribution in [0.3, 0.4) is 0 Å². The van der Waals surface area contributed by atoms with E-state index in [9.17, 15) is 0 Å². The molecule has 0 aromatic carbocycles. The average Bonchev–Trinajstić information content (AvgIpc) is 3.28. The van der Waals surface area contributed by atoms with Crippen LogP contribution >= 0.6 is 0 Å². The Bertz CT molecular complexity index is 754. The smallest absolute Gasteiger partial charge is 0.138 e. The SMILES string of the molecule is c1ccc(CN2CCC[C@@H]2c2cccc(-n3ccnc3)n2)nc1. The molecule has 3 aromatic rings. The molecule has 1 aliphatic heterocycles. The van der Waals surface area contributed by atoms with Crippen LogP contribution in [0.1, 0.15) is 30.3 Å². The van der Waals surface area contributed by atoms with Crippen LogP contribution in [0.5, 0.6) is 0 Å². The van der Waals surface area contributed by atoms with Crippen molar-refractivity contribution in [3.05, 3.63) is 72.7 Å². The van der Waals surface area contributed by atoms with E-state index in [-0.39, 0.29) is 0 Å². The van der Waals surface area contributed by atoms with Gasteiger partial charge in [-0.15, -0.1) is 0 Å². The lowest BCUT2D eigenvalue weighted by Gasteiger charge is -2.24. The number of imidazole rings is 1. The van der Waals surface area contributed by atoms with Crippen molar-refractivity contribution in [2.75, 3.05) is 6.54 Å². The standard InChI is InChI=1S/C18H19N5/c1-2-9-20-15(5-1)13-22-11-4-7-17(22)16-6-3-8-18(21-16)23-12-10-19-14-23/h1-3,5-6,8-10,12,14,17H,4,7,11,13H2/t17-/m1/s1. The largest absolute Gasteiger partial charge is 0.291 e. The van der Waals surface area contributed by atoms with Crippen molar-refractivity contribution in [1.29, 1.82) is 0 Å². The quantitative estimate of drug-likeness (QED) is 0.743. The monoisotopic (exact) mass is 305 g/mol. The molecule has 0 unspecified atom stereocenters.